The first-order chi connectivity index (χ1) is 11.3. The lowest BCUT2D eigenvalue weighted by Crippen LogP contribution is -2.33. The van der Waals surface area contributed by atoms with E-state index in [0.717, 1.165) is 42.4 Å². The van der Waals surface area contributed by atoms with Gasteiger partial charge in [0.15, 0.2) is 0 Å². The molecule has 4 nitrogen and oxygen atoms in total. The third-order valence-electron chi connectivity index (χ3n) is 4.00. The minimum atomic E-state index is 0.202. The van der Waals surface area contributed by atoms with Gasteiger partial charge in [0.05, 0.1) is 12.1 Å². The number of hydrogen-bond acceptors (Lipinski definition) is 4. The first kappa shape index (κ1) is 16.0. The van der Waals surface area contributed by atoms with Gasteiger partial charge in [0, 0.05) is 18.5 Å². The average Bonchev–Trinajstić information content (AvgIpc) is 2.84. The van der Waals surface area contributed by atoms with Crippen LogP contribution < -0.4 is 4.74 Å². The summed E-state index contributed by atoms with van der Waals surface area (Å²) in [6.07, 6.45) is 5.13. The number of aromatic nitrogens is 1. The van der Waals surface area contributed by atoms with E-state index in [1.807, 2.05) is 40.6 Å². The van der Waals surface area contributed by atoms with E-state index in [0.29, 0.717) is 13.0 Å². The predicted octanol–water partition coefficient (Wildman–Crippen LogP) is 3.67. The number of hydrogen-bond donors (Lipinski definition) is 0. The number of ether oxygens (including phenoxy) is 1. The van der Waals surface area contributed by atoms with Crippen molar-refractivity contribution in [2.75, 3.05) is 13.1 Å². The van der Waals surface area contributed by atoms with Crippen molar-refractivity contribution < 1.29 is 9.53 Å². The molecule has 0 N–H and O–H groups in total. The van der Waals surface area contributed by atoms with Crippen molar-refractivity contribution in [2.45, 2.75) is 38.7 Å². The van der Waals surface area contributed by atoms with Gasteiger partial charge in [-0.25, -0.2) is 4.98 Å². The molecule has 2 heterocycles. The van der Waals surface area contributed by atoms with Crippen LogP contribution in [0.2, 0.25) is 0 Å². The van der Waals surface area contributed by atoms with Crippen molar-refractivity contribution in [1.29, 1.82) is 0 Å². The van der Waals surface area contributed by atoms with Gasteiger partial charge < -0.3 is 9.64 Å². The fourth-order valence-corrected chi connectivity index (χ4v) is 3.45. The Kier molecular flexibility index (Phi) is 5.64. The molecule has 2 aromatic rings. The van der Waals surface area contributed by atoms with E-state index in [4.69, 9.17) is 4.74 Å². The van der Waals surface area contributed by atoms with Crippen LogP contribution in [0.25, 0.3) is 0 Å². The monoisotopic (exact) mass is 330 g/mol. The molecule has 0 atom stereocenters. The Morgan fingerprint density at radius 2 is 1.87 bits per heavy atom. The summed E-state index contributed by atoms with van der Waals surface area (Å²) in [5, 5.41) is 2.88. The zero-order valence-electron chi connectivity index (χ0n) is 13.2. The molecule has 0 saturated carbocycles. The lowest BCUT2D eigenvalue weighted by molar-refractivity contribution is -0.130. The molecule has 5 heteroatoms. The van der Waals surface area contributed by atoms with Crippen LogP contribution in [0.1, 0.15) is 36.4 Å². The van der Waals surface area contributed by atoms with E-state index in [9.17, 15) is 4.79 Å². The normalized spacial score (nSPS) is 15.2. The molecule has 0 aliphatic carbocycles. The van der Waals surface area contributed by atoms with Crippen molar-refractivity contribution >= 4 is 17.2 Å². The zero-order chi connectivity index (χ0) is 15.9. The SMILES string of the molecule is O=C(Cc1csc(COc2ccccc2)n1)N1CCCCCC1. The fourth-order valence-electron chi connectivity index (χ4n) is 2.75. The van der Waals surface area contributed by atoms with Gasteiger partial charge in [-0.3, -0.25) is 4.79 Å². The second-order valence-corrected chi connectivity index (χ2v) is 6.75. The van der Waals surface area contributed by atoms with Crippen LogP contribution >= 0.6 is 11.3 Å². The van der Waals surface area contributed by atoms with Crippen LogP contribution in [0.3, 0.4) is 0 Å². The van der Waals surface area contributed by atoms with Gasteiger partial charge in [0.1, 0.15) is 17.4 Å². The standard InChI is InChI=1S/C18H22N2O2S/c21-18(20-10-6-1-2-7-11-20)12-15-14-23-17(19-15)13-22-16-8-4-3-5-9-16/h3-5,8-9,14H,1-2,6-7,10-13H2. The predicted molar refractivity (Wildman–Crippen MR) is 91.6 cm³/mol. The third kappa shape index (κ3) is 4.79. The maximum absolute atomic E-state index is 12.4. The molecule has 1 saturated heterocycles. The minimum Gasteiger partial charge on any atom is -0.486 e. The van der Waals surface area contributed by atoms with Crippen LogP contribution in [0.4, 0.5) is 0 Å². The summed E-state index contributed by atoms with van der Waals surface area (Å²) in [7, 11) is 0. The second kappa shape index (κ2) is 8.11. The Morgan fingerprint density at radius 3 is 2.61 bits per heavy atom. The van der Waals surface area contributed by atoms with Gasteiger partial charge in [-0.05, 0) is 25.0 Å². The van der Waals surface area contributed by atoms with Crippen molar-refractivity contribution in [3.8, 4) is 5.75 Å². The highest BCUT2D eigenvalue weighted by atomic mass is 32.1. The molecule has 1 aromatic heterocycles. The maximum Gasteiger partial charge on any atom is 0.228 e. The van der Waals surface area contributed by atoms with E-state index in [1.165, 1.54) is 12.8 Å². The van der Waals surface area contributed by atoms with E-state index >= 15 is 0 Å². The Bertz CT molecular complexity index is 619. The molecule has 3 rings (SSSR count). The van der Waals surface area contributed by atoms with Crippen LogP contribution in [0.5, 0.6) is 5.75 Å². The van der Waals surface area contributed by atoms with Crippen molar-refractivity contribution in [3.05, 3.63) is 46.4 Å². The first-order valence-electron chi connectivity index (χ1n) is 8.20. The molecule has 1 fully saturated rings. The van der Waals surface area contributed by atoms with Crippen molar-refractivity contribution in [1.82, 2.24) is 9.88 Å². The molecular formula is C18H22N2O2S. The van der Waals surface area contributed by atoms with Gasteiger partial charge in [-0.2, -0.15) is 0 Å². The molecular weight excluding hydrogens is 308 g/mol. The number of likely N-dealkylation sites (tertiary alicyclic amines) is 1. The summed E-state index contributed by atoms with van der Waals surface area (Å²) in [4.78, 5) is 18.9. The second-order valence-electron chi connectivity index (χ2n) is 5.81. The van der Waals surface area contributed by atoms with Gasteiger partial charge >= 0.3 is 0 Å². The van der Waals surface area contributed by atoms with Gasteiger partial charge in [-0.15, -0.1) is 11.3 Å². The molecule has 0 unspecified atom stereocenters. The summed E-state index contributed by atoms with van der Waals surface area (Å²) in [6, 6.07) is 9.71. The summed E-state index contributed by atoms with van der Waals surface area (Å²) < 4.78 is 5.70. The van der Waals surface area contributed by atoms with E-state index in [-0.39, 0.29) is 5.91 Å². The molecule has 1 aromatic carbocycles. The van der Waals surface area contributed by atoms with E-state index in [1.54, 1.807) is 11.3 Å². The maximum atomic E-state index is 12.4. The minimum absolute atomic E-state index is 0.202. The number of thiazole rings is 1. The number of carbonyl (C=O) groups is 1. The van der Waals surface area contributed by atoms with Crippen LogP contribution in [-0.4, -0.2) is 28.9 Å². The molecule has 0 radical (unpaired) electrons. The molecule has 0 bridgehead atoms. The largest absolute Gasteiger partial charge is 0.486 e. The number of benzene rings is 1. The Hall–Kier alpha value is -1.88. The van der Waals surface area contributed by atoms with Crippen LogP contribution in [0, 0.1) is 0 Å². The molecule has 0 spiro atoms. The number of amides is 1. The number of rotatable bonds is 5. The summed E-state index contributed by atoms with van der Waals surface area (Å²) in [5.41, 5.74) is 0.857. The van der Waals surface area contributed by atoms with E-state index in [2.05, 4.69) is 4.98 Å². The molecule has 1 aliphatic heterocycles. The number of para-hydroxylation sites is 1. The van der Waals surface area contributed by atoms with E-state index < -0.39 is 0 Å². The first-order valence-corrected chi connectivity index (χ1v) is 9.08. The molecule has 122 valence electrons. The Morgan fingerprint density at radius 1 is 1.13 bits per heavy atom. The lowest BCUT2D eigenvalue weighted by atomic mass is 10.2. The lowest BCUT2D eigenvalue weighted by Gasteiger charge is -2.19. The smallest absolute Gasteiger partial charge is 0.228 e. The average molecular weight is 330 g/mol. The zero-order valence-corrected chi connectivity index (χ0v) is 14.1. The summed E-state index contributed by atoms with van der Waals surface area (Å²) >= 11 is 1.55. The third-order valence-corrected chi connectivity index (χ3v) is 4.87. The number of nitrogens with zero attached hydrogens (tertiary/aromatic N) is 2. The van der Waals surface area contributed by atoms with Gasteiger partial charge in [0.25, 0.3) is 0 Å². The van der Waals surface area contributed by atoms with Crippen molar-refractivity contribution in [3.63, 3.8) is 0 Å². The quantitative estimate of drug-likeness (QED) is 0.840. The Labute approximate surface area is 141 Å². The molecule has 1 aliphatic rings. The summed E-state index contributed by atoms with van der Waals surface area (Å²) in [6.45, 7) is 2.24. The summed E-state index contributed by atoms with van der Waals surface area (Å²) in [5.74, 6) is 1.04. The topological polar surface area (TPSA) is 42.4 Å². The highest BCUT2D eigenvalue weighted by molar-refractivity contribution is 7.09. The van der Waals surface area contributed by atoms with Crippen LogP contribution in [0.15, 0.2) is 35.7 Å². The van der Waals surface area contributed by atoms with Gasteiger partial charge in [-0.1, -0.05) is 31.0 Å². The fraction of sp³-hybridized carbons (Fsp3) is 0.444. The molecule has 1 amide bonds. The highest BCUT2D eigenvalue weighted by Gasteiger charge is 2.17. The number of carbonyl (C=O) groups excluding carboxylic acids is 1. The highest BCUT2D eigenvalue weighted by Crippen LogP contribution is 2.16. The van der Waals surface area contributed by atoms with Gasteiger partial charge in [0.2, 0.25) is 5.91 Å². The van der Waals surface area contributed by atoms with Crippen molar-refractivity contribution in [2.24, 2.45) is 0 Å². The molecule has 23 heavy (non-hydrogen) atoms. The van der Waals surface area contributed by atoms with Crippen LogP contribution in [-0.2, 0) is 17.8 Å². The Balaban J connectivity index is 1.51.